The molecule has 0 fully saturated rings. The zero-order valence-corrected chi connectivity index (χ0v) is 14.0. The fourth-order valence-electron chi connectivity index (χ4n) is 2.95. The summed E-state index contributed by atoms with van der Waals surface area (Å²) in [5, 5.41) is 4.57. The topological polar surface area (TPSA) is 43.1 Å². The van der Waals surface area contributed by atoms with E-state index in [1.54, 1.807) is 4.52 Å². The van der Waals surface area contributed by atoms with Crippen LogP contribution >= 0.6 is 11.3 Å². The maximum atomic E-state index is 13.9. The molecule has 3 aromatic rings. The van der Waals surface area contributed by atoms with Crippen molar-refractivity contribution in [2.45, 2.75) is 46.5 Å². The lowest BCUT2D eigenvalue weighted by atomic mass is 9.95. The summed E-state index contributed by atoms with van der Waals surface area (Å²) in [6.07, 6.45) is 2.09. The van der Waals surface area contributed by atoms with Crippen LogP contribution in [0.3, 0.4) is 0 Å². The Labute approximate surface area is 133 Å². The molecule has 0 spiro atoms. The second-order valence-electron chi connectivity index (χ2n) is 5.51. The summed E-state index contributed by atoms with van der Waals surface area (Å²) in [7, 11) is 0. The molecule has 0 aliphatic heterocycles. The van der Waals surface area contributed by atoms with E-state index < -0.39 is 5.95 Å². The number of aryl methyl sites for hydroxylation is 2. The second kappa shape index (κ2) is 5.76. The van der Waals surface area contributed by atoms with Gasteiger partial charge in [0.15, 0.2) is 5.65 Å². The first kappa shape index (κ1) is 15.1. The van der Waals surface area contributed by atoms with E-state index in [9.17, 15) is 4.39 Å². The lowest BCUT2D eigenvalue weighted by molar-refractivity contribution is 0.594. The summed E-state index contributed by atoms with van der Waals surface area (Å²) in [5.74, 6) is -0.0209. The van der Waals surface area contributed by atoms with Crippen molar-refractivity contribution in [2.75, 3.05) is 0 Å². The monoisotopic (exact) mass is 318 g/mol. The third-order valence-corrected chi connectivity index (χ3v) is 4.88. The van der Waals surface area contributed by atoms with Gasteiger partial charge in [0.1, 0.15) is 10.6 Å². The molecule has 0 N–H and O–H groups in total. The lowest BCUT2D eigenvalue weighted by Crippen LogP contribution is -2.05. The summed E-state index contributed by atoms with van der Waals surface area (Å²) in [6.45, 7) is 8.22. The van der Waals surface area contributed by atoms with Crippen LogP contribution < -0.4 is 0 Å². The van der Waals surface area contributed by atoms with Crippen molar-refractivity contribution in [3.8, 4) is 10.6 Å². The van der Waals surface area contributed by atoms with Crippen LogP contribution in [0, 0.1) is 19.8 Å². The molecule has 22 heavy (non-hydrogen) atoms. The second-order valence-corrected chi connectivity index (χ2v) is 6.36. The molecule has 3 heterocycles. The Bertz CT molecular complexity index is 817. The van der Waals surface area contributed by atoms with Gasteiger partial charge >= 0.3 is 0 Å². The van der Waals surface area contributed by atoms with Crippen LogP contribution in [-0.2, 0) is 0 Å². The number of nitrogens with zero attached hydrogens (tertiary/aromatic N) is 4. The van der Waals surface area contributed by atoms with Gasteiger partial charge in [-0.3, -0.25) is 0 Å². The van der Waals surface area contributed by atoms with Crippen LogP contribution in [0.2, 0.25) is 0 Å². The zero-order valence-electron chi connectivity index (χ0n) is 13.2. The molecule has 4 nitrogen and oxygen atoms in total. The molecule has 0 radical (unpaired) electrons. The van der Waals surface area contributed by atoms with E-state index in [4.69, 9.17) is 0 Å². The maximum Gasteiger partial charge on any atom is 0.233 e. The number of halogens is 1. The maximum absolute atomic E-state index is 13.9. The number of aromatic nitrogens is 4. The fraction of sp³-hybridized carbons (Fsp3) is 0.438. The summed E-state index contributed by atoms with van der Waals surface area (Å²) >= 11 is 1.28. The molecule has 0 saturated heterocycles. The first-order valence-corrected chi connectivity index (χ1v) is 8.41. The van der Waals surface area contributed by atoms with Gasteiger partial charge in [-0.15, -0.1) is 11.3 Å². The van der Waals surface area contributed by atoms with Crippen LogP contribution in [-0.4, -0.2) is 19.6 Å². The third-order valence-electron chi connectivity index (χ3n) is 4.07. The highest BCUT2D eigenvalue weighted by molar-refractivity contribution is 7.13. The Morgan fingerprint density at radius 3 is 2.59 bits per heavy atom. The largest absolute Gasteiger partial charge is 0.233 e. The van der Waals surface area contributed by atoms with Gasteiger partial charge in [0.2, 0.25) is 5.95 Å². The molecule has 0 saturated carbocycles. The molecule has 0 unspecified atom stereocenters. The van der Waals surface area contributed by atoms with Gasteiger partial charge in [-0.2, -0.15) is 9.49 Å². The minimum atomic E-state index is -0.456. The van der Waals surface area contributed by atoms with Crippen molar-refractivity contribution in [1.82, 2.24) is 19.6 Å². The van der Waals surface area contributed by atoms with Crippen molar-refractivity contribution in [2.24, 2.45) is 0 Å². The Morgan fingerprint density at radius 2 is 2.00 bits per heavy atom. The predicted octanol–water partition coefficient (Wildman–Crippen LogP) is 4.51. The Kier molecular flexibility index (Phi) is 3.95. The van der Waals surface area contributed by atoms with Crippen LogP contribution in [0.25, 0.3) is 16.2 Å². The standard InChI is InChI=1S/C16H19FN4S/c1-5-11(6-2)12-7-9(3)20-21-13(10(4)19-16(12)21)14-15(17)18-8-22-14/h7-8,11H,5-6H2,1-4H3. The summed E-state index contributed by atoms with van der Waals surface area (Å²) in [5.41, 5.74) is 5.95. The number of hydrogen-bond donors (Lipinski definition) is 0. The van der Waals surface area contributed by atoms with Gasteiger partial charge in [0.25, 0.3) is 0 Å². The van der Waals surface area contributed by atoms with Gasteiger partial charge in [-0.05, 0) is 38.7 Å². The van der Waals surface area contributed by atoms with Gasteiger partial charge in [-0.25, -0.2) is 14.5 Å². The molecule has 0 aliphatic rings. The molecule has 0 aliphatic carbocycles. The van der Waals surface area contributed by atoms with Crippen LogP contribution in [0.15, 0.2) is 11.6 Å². The number of hydrogen-bond acceptors (Lipinski definition) is 4. The quantitative estimate of drug-likeness (QED) is 0.710. The summed E-state index contributed by atoms with van der Waals surface area (Å²) in [4.78, 5) is 8.90. The summed E-state index contributed by atoms with van der Waals surface area (Å²) < 4.78 is 15.7. The molecule has 6 heteroatoms. The third kappa shape index (κ3) is 2.31. The van der Waals surface area contributed by atoms with E-state index in [-0.39, 0.29) is 0 Å². The molecule has 0 aromatic carbocycles. The highest BCUT2D eigenvalue weighted by atomic mass is 32.1. The van der Waals surface area contributed by atoms with Gasteiger partial charge in [0, 0.05) is 5.56 Å². The molecule has 0 atom stereocenters. The minimum absolute atomic E-state index is 0.435. The number of imidazole rings is 1. The smallest absolute Gasteiger partial charge is 0.231 e. The normalized spacial score (nSPS) is 11.7. The lowest BCUT2D eigenvalue weighted by Gasteiger charge is -2.14. The molecule has 0 amide bonds. The average molecular weight is 318 g/mol. The molecule has 3 aromatic heterocycles. The first-order valence-electron chi connectivity index (χ1n) is 7.53. The first-order chi connectivity index (χ1) is 10.6. The fourth-order valence-corrected chi connectivity index (χ4v) is 3.70. The summed E-state index contributed by atoms with van der Waals surface area (Å²) in [6, 6.07) is 2.10. The predicted molar refractivity (Wildman–Crippen MR) is 86.9 cm³/mol. The Balaban J connectivity index is 2.33. The molecular formula is C16H19FN4S. The molecule has 0 bridgehead atoms. The number of thiazole rings is 1. The van der Waals surface area contributed by atoms with Gasteiger partial charge < -0.3 is 0 Å². The van der Waals surface area contributed by atoms with E-state index in [2.05, 4.69) is 35.0 Å². The SMILES string of the molecule is CCC(CC)c1cc(C)nn2c(-c3scnc3F)c(C)nc12. The van der Waals surface area contributed by atoms with Crippen molar-refractivity contribution >= 4 is 17.0 Å². The van der Waals surface area contributed by atoms with E-state index in [1.807, 2.05) is 13.8 Å². The van der Waals surface area contributed by atoms with E-state index in [1.165, 1.54) is 22.4 Å². The van der Waals surface area contributed by atoms with E-state index in [0.717, 1.165) is 29.9 Å². The van der Waals surface area contributed by atoms with E-state index in [0.29, 0.717) is 16.5 Å². The van der Waals surface area contributed by atoms with Crippen molar-refractivity contribution in [1.29, 1.82) is 0 Å². The minimum Gasteiger partial charge on any atom is -0.231 e. The van der Waals surface area contributed by atoms with Crippen molar-refractivity contribution < 1.29 is 4.39 Å². The molecular weight excluding hydrogens is 299 g/mol. The number of fused-ring (bicyclic) bond motifs is 1. The Hall–Kier alpha value is -1.82. The van der Waals surface area contributed by atoms with Crippen molar-refractivity contribution in [3.05, 3.63) is 34.5 Å². The highest BCUT2D eigenvalue weighted by Gasteiger charge is 2.22. The van der Waals surface area contributed by atoms with Crippen LogP contribution in [0.4, 0.5) is 4.39 Å². The van der Waals surface area contributed by atoms with Crippen molar-refractivity contribution in [3.63, 3.8) is 0 Å². The highest BCUT2D eigenvalue weighted by Crippen LogP contribution is 2.33. The molecule has 116 valence electrons. The van der Waals surface area contributed by atoms with Gasteiger partial charge in [-0.1, -0.05) is 13.8 Å². The molecule has 3 rings (SSSR count). The van der Waals surface area contributed by atoms with E-state index >= 15 is 0 Å². The Morgan fingerprint density at radius 1 is 1.27 bits per heavy atom. The van der Waals surface area contributed by atoms with Gasteiger partial charge in [0.05, 0.1) is 16.9 Å². The zero-order chi connectivity index (χ0) is 15.9. The average Bonchev–Trinajstić information content (AvgIpc) is 3.03. The van der Waals surface area contributed by atoms with Crippen LogP contribution in [0.5, 0.6) is 0 Å². The number of rotatable bonds is 4. The van der Waals surface area contributed by atoms with Crippen LogP contribution in [0.1, 0.15) is 49.6 Å².